The second-order valence-electron chi connectivity index (χ2n) is 10.3. The third-order valence-corrected chi connectivity index (χ3v) is 7.76. The van der Waals surface area contributed by atoms with Crippen molar-refractivity contribution in [1.29, 1.82) is 0 Å². The lowest BCUT2D eigenvalue weighted by Crippen LogP contribution is -2.16. The van der Waals surface area contributed by atoms with E-state index in [1.54, 1.807) is 0 Å². The van der Waals surface area contributed by atoms with Crippen LogP contribution in [0.15, 0.2) is 122 Å². The maximum Gasteiger partial charge on any atom is 0.0759 e. The van der Waals surface area contributed by atoms with E-state index in [-0.39, 0.29) is 5.41 Å². The molecule has 2 nitrogen and oxygen atoms in total. The molecule has 0 unspecified atom stereocenters. The Morgan fingerprint density at radius 1 is 0.568 bits per heavy atom. The van der Waals surface area contributed by atoms with E-state index in [4.69, 9.17) is 4.98 Å². The predicted molar refractivity (Wildman–Crippen MR) is 153 cm³/mol. The van der Waals surface area contributed by atoms with Crippen LogP contribution < -0.4 is 0 Å². The van der Waals surface area contributed by atoms with Crippen LogP contribution in [0.5, 0.6) is 0 Å². The molecule has 6 aromatic rings. The normalized spacial score (nSPS) is 13.4. The van der Waals surface area contributed by atoms with Crippen molar-refractivity contribution in [3.05, 3.63) is 133 Å². The second-order valence-corrected chi connectivity index (χ2v) is 10.3. The van der Waals surface area contributed by atoms with Crippen molar-refractivity contribution in [1.82, 2.24) is 9.97 Å². The molecule has 1 aliphatic carbocycles. The van der Waals surface area contributed by atoms with Gasteiger partial charge < -0.3 is 0 Å². The summed E-state index contributed by atoms with van der Waals surface area (Å²) in [5, 5.41) is 1.20. The summed E-state index contributed by atoms with van der Waals surface area (Å²) in [5.41, 5.74) is 13.2. The first-order valence-corrected chi connectivity index (χ1v) is 12.8. The summed E-state index contributed by atoms with van der Waals surface area (Å²) in [5.74, 6) is 0. The third kappa shape index (κ3) is 3.41. The second kappa shape index (κ2) is 8.25. The van der Waals surface area contributed by atoms with Crippen molar-refractivity contribution < 1.29 is 0 Å². The number of benzene rings is 4. The van der Waals surface area contributed by atoms with Crippen LogP contribution >= 0.6 is 0 Å². The van der Waals surface area contributed by atoms with Gasteiger partial charge in [-0.15, -0.1) is 0 Å². The Hall–Kier alpha value is -4.56. The van der Waals surface area contributed by atoms with Gasteiger partial charge in [-0.2, -0.15) is 0 Å². The molecule has 0 saturated carbocycles. The minimum atomic E-state index is -0.138. The van der Waals surface area contributed by atoms with Crippen molar-refractivity contribution >= 4 is 10.9 Å². The highest BCUT2D eigenvalue weighted by Gasteiger charge is 2.39. The molecule has 176 valence electrons. The van der Waals surface area contributed by atoms with Gasteiger partial charge in [-0.05, 0) is 68.8 Å². The average molecular weight is 475 g/mol. The molecular weight excluding hydrogens is 448 g/mol. The number of nitrogens with zero attached hydrogens (tertiary/aromatic N) is 2. The van der Waals surface area contributed by atoms with Gasteiger partial charge in [-0.1, -0.05) is 98.8 Å². The zero-order valence-corrected chi connectivity index (χ0v) is 20.9. The minimum Gasteiger partial charge on any atom is -0.265 e. The quantitative estimate of drug-likeness (QED) is 0.256. The number of hydrogen-bond donors (Lipinski definition) is 0. The van der Waals surface area contributed by atoms with Crippen molar-refractivity contribution in [2.24, 2.45) is 0 Å². The first kappa shape index (κ1) is 21.7. The molecule has 2 aromatic heterocycles. The van der Waals surface area contributed by atoms with Crippen LogP contribution in [0, 0.1) is 0 Å². The van der Waals surface area contributed by atoms with E-state index in [1.807, 2.05) is 24.5 Å². The lowest BCUT2D eigenvalue weighted by Gasteiger charge is -2.25. The SMILES string of the molecule is CC1(C)c2ccccc2-c2nc3ccccc3c(-c3cccc(-c4ccc(-c5ccncc5)cc4)c3)c21. The fraction of sp³-hybridized carbons (Fsp3) is 0.0857. The van der Waals surface area contributed by atoms with Gasteiger partial charge in [0.25, 0.3) is 0 Å². The summed E-state index contributed by atoms with van der Waals surface area (Å²) in [4.78, 5) is 9.33. The van der Waals surface area contributed by atoms with Crippen LogP contribution in [0.25, 0.3) is 55.5 Å². The topological polar surface area (TPSA) is 25.8 Å². The van der Waals surface area contributed by atoms with Crippen LogP contribution in [0.4, 0.5) is 0 Å². The third-order valence-electron chi connectivity index (χ3n) is 7.76. The Kier molecular flexibility index (Phi) is 4.84. The Balaban J connectivity index is 1.41. The highest BCUT2D eigenvalue weighted by atomic mass is 14.7. The van der Waals surface area contributed by atoms with E-state index in [9.17, 15) is 0 Å². The molecule has 0 spiro atoms. The fourth-order valence-electron chi connectivity index (χ4n) is 5.94. The number of para-hydroxylation sites is 1. The largest absolute Gasteiger partial charge is 0.265 e. The molecule has 0 aliphatic heterocycles. The van der Waals surface area contributed by atoms with Gasteiger partial charge in [-0.25, -0.2) is 4.98 Å². The molecule has 2 heteroatoms. The summed E-state index contributed by atoms with van der Waals surface area (Å²) in [6.07, 6.45) is 3.67. The van der Waals surface area contributed by atoms with Gasteiger partial charge in [0.15, 0.2) is 0 Å². The first-order chi connectivity index (χ1) is 18.1. The maximum absolute atomic E-state index is 5.19. The lowest BCUT2D eigenvalue weighted by molar-refractivity contribution is 0.662. The predicted octanol–water partition coefficient (Wildman–Crippen LogP) is 8.94. The maximum atomic E-state index is 5.19. The molecule has 0 N–H and O–H groups in total. The van der Waals surface area contributed by atoms with Gasteiger partial charge >= 0.3 is 0 Å². The molecule has 0 saturated heterocycles. The minimum absolute atomic E-state index is 0.138. The molecule has 4 aromatic carbocycles. The number of pyridine rings is 2. The van der Waals surface area contributed by atoms with Gasteiger partial charge in [0.2, 0.25) is 0 Å². The van der Waals surface area contributed by atoms with Crippen molar-refractivity contribution in [2.75, 3.05) is 0 Å². The molecule has 0 radical (unpaired) electrons. The first-order valence-electron chi connectivity index (χ1n) is 12.8. The molecule has 37 heavy (non-hydrogen) atoms. The fourth-order valence-corrected chi connectivity index (χ4v) is 5.94. The zero-order chi connectivity index (χ0) is 25.0. The van der Waals surface area contributed by atoms with Gasteiger partial charge in [0, 0.05) is 28.8 Å². The number of aromatic nitrogens is 2. The van der Waals surface area contributed by atoms with Crippen LogP contribution in [0.3, 0.4) is 0 Å². The van der Waals surface area contributed by atoms with Crippen molar-refractivity contribution in [3.8, 4) is 44.6 Å². The van der Waals surface area contributed by atoms with E-state index < -0.39 is 0 Å². The number of hydrogen-bond acceptors (Lipinski definition) is 2. The summed E-state index contributed by atoms with van der Waals surface area (Å²) in [7, 11) is 0. The Morgan fingerprint density at radius 2 is 1.22 bits per heavy atom. The zero-order valence-electron chi connectivity index (χ0n) is 20.9. The highest BCUT2D eigenvalue weighted by Crippen LogP contribution is 2.53. The highest BCUT2D eigenvalue weighted by molar-refractivity contribution is 6.02. The summed E-state index contributed by atoms with van der Waals surface area (Å²) in [6.45, 7) is 4.67. The Bertz CT molecular complexity index is 1780. The van der Waals surface area contributed by atoms with E-state index in [2.05, 4.69) is 116 Å². The average Bonchev–Trinajstić information content (AvgIpc) is 3.19. The van der Waals surface area contributed by atoms with Crippen LogP contribution in [0.1, 0.15) is 25.0 Å². The number of rotatable bonds is 3. The number of fused-ring (bicyclic) bond motifs is 4. The molecular formula is C35H26N2. The smallest absolute Gasteiger partial charge is 0.0759 e. The molecule has 0 bridgehead atoms. The van der Waals surface area contributed by atoms with Gasteiger partial charge in [-0.3, -0.25) is 4.98 Å². The molecule has 0 atom stereocenters. The van der Waals surface area contributed by atoms with Crippen LogP contribution in [0.2, 0.25) is 0 Å². The Labute approximate surface area is 217 Å². The van der Waals surface area contributed by atoms with Crippen LogP contribution in [-0.2, 0) is 5.41 Å². The summed E-state index contributed by atoms with van der Waals surface area (Å²) < 4.78 is 0. The van der Waals surface area contributed by atoms with Crippen molar-refractivity contribution in [3.63, 3.8) is 0 Å². The van der Waals surface area contributed by atoms with Gasteiger partial charge in [0.1, 0.15) is 0 Å². The molecule has 0 amide bonds. The van der Waals surface area contributed by atoms with Gasteiger partial charge in [0.05, 0.1) is 11.2 Å². The molecule has 7 rings (SSSR count). The lowest BCUT2D eigenvalue weighted by atomic mass is 9.78. The van der Waals surface area contributed by atoms with Crippen molar-refractivity contribution in [2.45, 2.75) is 19.3 Å². The standard InChI is InChI=1S/C35H26N2/c1-35(2)30-12-5-3-10-28(30)34-33(35)32(29-11-4-6-13-31(29)37-34)27-9-7-8-26(22-27)24-16-14-23(15-17-24)25-18-20-36-21-19-25/h3-22H,1-2H3. The summed E-state index contributed by atoms with van der Waals surface area (Å²) in [6, 6.07) is 39.2. The summed E-state index contributed by atoms with van der Waals surface area (Å²) >= 11 is 0. The van der Waals surface area contributed by atoms with Crippen LogP contribution in [-0.4, -0.2) is 9.97 Å². The monoisotopic (exact) mass is 474 g/mol. The molecule has 0 fully saturated rings. The van der Waals surface area contributed by atoms with E-state index in [1.165, 1.54) is 55.5 Å². The molecule has 1 aliphatic rings. The van der Waals surface area contributed by atoms with E-state index in [0.717, 1.165) is 11.2 Å². The Morgan fingerprint density at radius 3 is 2.03 bits per heavy atom. The molecule has 2 heterocycles. The van der Waals surface area contributed by atoms with E-state index >= 15 is 0 Å². The van der Waals surface area contributed by atoms with E-state index in [0.29, 0.717) is 0 Å².